The number of hydrogen-bond donors (Lipinski definition) is 0. The standard InChI is InChI=1S/C7H5N3O2/c1-5-6(4-8)2-3-9-7(5)10(11)12/h2-3H,1H3. The molecule has 0 fully saturated rings. The average Bonchev–Trinajstić information content (AvgIpc) is 2.04. The minimum atomic E-state index is -0.601. The molecule has 0 N–H and O–H groups in total. The van der Waals surface area contributed by atoms with Crippen LogP contribution < -0.4 is 0 Å². The van der Waals surface area contributed by atoms with Crippen LogP contribution in [0.4, 0.5) is 5.82 Å². The van der Waals surface area contributed by atoms with Crippen LogP contribution in [0.1, 0.15) is 11.1 Å². The number of aromatic nitrogens is 1. The van der Waals surface area contributed by atoms with Crippen molar-refractivity contribution in [3.63, 3.8) is 0 Å². The second-order valence-corrected chi connectivity index (χ2v) is 2.18. The van der Waals surface area contributed by atoms with Crippen LogP contribution >= 0.6 is 0 Å². The molecule has 1 rings (SSSR count). The molecule has 0 aliphatic carbocycles. The second-order valence-electron chi connectivity index (χ2n) is 2.18. The van der Waals surface area contributed by atoms with Crippen LogP contribution in [-0.2, 0) is 0 Å². The van der Waals surface area contributed by atoms with Gasteiger partial charge in [-0.05, 0) is 16.8 Å². The first-order valence-electron chi connectivity index (χ1n) is 3.17. The quantitative estimate of drug-likeness (QED) is 0.459. The second kappa shape index (κ2) is 2.96. The summed E-state index contributed by atoms with van der Waals surface area (Å²) in [5.41, 5.74) is 0.599. The highest BCUT2D eigenvalue weighted by Crippen LogP contribution is 2.16. The van der Waals surface area contributed by atoms with Gasteiger partial charge in [-0.2, -0.15) is 5.26 Å². The number of rotatable bonds is 1. The Bertz CT molecular complexity index is 367. The molecule has 0 unspecified atom stereocenters. The Kier molecular flexibility index (Phi) is 2.01. The van der Waals surface area contributed by atoms with Gasteiger partial charge in [0.15, 0.2) is 0 Å². The topological polar surface area (TPSA) is 79.8 Å². The van der Waals surface area contributed by atoms with E-state index in [0.29, 0.717) is 5.56 Å². The molecular formula is C7H5N3O2. The minimum absolute atomic E-state index is 0.256. The molecule has 1 aromatic rings. The van der Waals surface area contributed by atoms with Gasteiger partial charge in [-0.25, -0.2) is 0 Å². The maximum absolute atomic E-state index is 10.3. The van der Waals surface area contributed by atoms with Gasteiger partial charge in [-0.15, -0.1) is 0 Å². The lowest BCUT2D eigenvalue weighted by Crippen LogP contribution is -1.96. The van der Waals surface area contributed by atoms with Crippen molar-refractivity contribution in [3.05, 3.63) is 33.5 Å². The monoisotopic (exact) mass is 163 g/mol. The van der Waals surface area contributed by atoms with E-state index in [-0.39, 0.29) is 11.4 Å². The molecule has 0 aliphatic rings. The Hall–Kier alpha value is -1.96. The molecule has 0 spiro atoms. The average molecular weight is 163 g/mol. The Morgan fingerprint density at radius 3 is 2.92 bits per heavy atom. The van der Waals surface area contributed by atoms with Gasteiger partial charge >= 0.3 is 5.82 Å². The van der Waals surface area contributed by atoms with E-state index in [1.54, 1.807) is 0 Å². The van der Waals surface area contributed by atoms with Gasteiger partial charge in [0.05, 0.1) is 17.2 Å². The predicted octanol–water partition coefficient (Wildman–Crippen LogP) is 1.17. The molecule has 0 aromatic carbocycles. The first-order valence-corrected chi connectivity index (χ1v) is 3.17. The van der Waals surface area contributed by atoms with Crippen LogP contribution in [0, 0.1) is 28.4 Å². The first-order chi connectivity index (χ1) is 5.66. The molecule has 5 nitrogen and oxygen atoms in total. The fraction of sp³-hybridized carbons (Fsp3) is 0.143. The first kappa shape index (κ1) is 8.14. The highest BCUT2D eigenvalue weighted by molar-refractivity contribution is 5.44. The van der Waals surface area contributed by atoms with E-state index in [1.165, 1.54) is 19.2 Å². The van der Waals surface area contributed by atoms with E-state index in [2.05, 4.69) is 4.98 Å². The van der Waals surface area contributed by atoms with E-state index < -0.39 is 4.92 Å². The summed E-state index contributed by atoms with van der Waals surface area (Å²) >= 11 is 0. The normalized spacial score (nSPS) is 9.00. The number of nitro groups is 1. The van der Waals surface area contributed by atoms with E-state index in [9.17, 15) is 10.1 Å². The summed E-state index contributed by atoms with van der Waals surface area (Å²) in [5, 5.41) is 18.8. The number of nitrogens with zero attached hydrogens (tertiary/aromatic N) is 3. The molecule has 0 bridgehead atoms. The summed E-state index contributed by atoms with van der Waals surface area (Å²) < 4.78 is 0. The molecule has 60 valence electrons. The van der Waals surface area contributed by atoms with Crippen molar-refractivity contribution in [2.75, 3.05) is 0 Å². The third-order valence-electron chi connectivity index (χ3n) is 1.47. The largest absolute Gasteiger partial charge is 0.367 e. The van der Waals surface area contributed by atoms with Crippen molar-refractivity contribution in [1.82, 2.24) is 4.98 Å². The molecule has 5 heteroatoms. The fourth-order valence-electron chi connectivity index (χ4n) is 0.830. The van der Waals surface area contributed by atoms with Gasteiger partial charge < -0.3 is 10.1 Å². The third-order valence-corrected chi connectivity index (χ3v) is 1.47. The van der Waals surface area contributed by atoms with Crippen LogP contribution in [0.25, 0.3) is 0 Å². The van der Waals surface area contributed by atoms with Crippen LogP contribution in [0.2, 0.25) is 0 Å². The third kappa shape index (κ3) is 1.22. The minimum Gasteiger partial charge on any atom is -0.358 e. The van der Waals surface area contributed by atoms with Crippen LogP contribution in [0.5, 0.6) is 0 Å². The van der Waals surface area contributed by atoms with E-state index in [1.807, 2.05) is 6.07 Å². The van der Waals surface area contributed by atoms with Gasteiger partial charge in [0.2, 0.25) is 0 Å². The lowest BCUT2D eigenvalue weighted by molar-refractivity contribution is -0.390. The molecule has 0 saturated carbocycles. The van der Waals surface area contributed by atoms with E-state index in [0.717, 1.165) is 0 Å². The van der Waals surface area contributed by atoms with Crippen molar-refractivity contribution in [2.45, 2.75) is 6.92 Å². The Morgan fingerprint density at radius 1 is 1.75 bits per heavy atom. The fourth-order valence-corrected chi connectivity index (χ4v) is 0.830. The SMILES string of the molecule is Cc1c(C#N)ccnc1[N+](=O)[O-]. The van der Waals surface area contributed by atoms with E-state index in [4.69, 9.17) is 5.26 Å². The molecule has 12 heavy (non-hydrogen) atoms. The maximum Gasteiger partial charge on any atom is 0.367 e. The summed E-state index contributed by atoms with van der Waals surface area (Å²) in [7, 11) is 0. The van der Waals surface area contributed by atoms with Crippen LogP contribution in [0.15, 0.2) is 12.3 Å². The van der Waals surface area contributed by atoms with E-state index >= 15 is 0 Å². The molecule has 1 aromatic heterocycles. The van der Waals surface area contributed by atoms with Gasteiger partial charge in [-0.3, -0.25) is 0 Å². The van der Waals surface area contributed by atoms with Gasteiger partial charge in [-0.1, -0.05) is 0 Å². The lowest BCUT2D eigenvalue weighted by atomic mass is 10.2. The molecule has 0 aliphatic heterocycles. The highest BCUT2D eigenvalue weighted by atomic mass is 16.6. The Labute approximate surface area is 68.4 Å². The van der Waals surface area contributed by atoms with Crippen molar-refractivity contribution in [3.8, 4) is 6.07 Å². The highest BCUT2D eigenvalue weighted by Gasteiger charge is 2.13. The zero-order valence-corrected chi connectivity index (χ0v) is 6.31. The zero-order valence-electron chi connectivity index (χ0n) is 6.31. The molecular weight excluding hydrogens is 158 g/mol. The molecule has 0 saturated heterocycles. The summed E-state index contributed by atoms with van der Waals surface area (Å²) in [6, 6.07) is 3.29. The van der Waals surface area contributed by atoms with Crippen molar-refractivity contribution in [1.29, 1.82) is 5.26 Å². The number of pyridine rings is 1. The van der Waals surface area contributed by atoms with Gasteiger partial charge in [0, 0.05) is 6.07 Å². The lowest BCUT2D eigenvalue weighted by Gasteiger charge is -1.96. The Balaban J connectivity index is 3.35. The van der Waals surface area contributed by atoms with Crippen molar-refractivity contribution in [2.24, 2.45) is 0 Å². The van der Waals surface area contributed by atoms with Crippen molar-refractivity contribution < 1.29 is 4.92 Å². The summed E-state index contributed by atoms with van der Waals surface area (Å²) in [4.78, 5) is 13.3. The molecule has 0 radical (unpaired) electrons. The molecule has 0 atom stereocenters. The Morgan fingerprint density at radius 2 is 2.42 bits per heavy atom. The molecule has 1 heterocycles. The number of hydrogen-bond acceptors (Lipinski definition) is 4. The molecule has 0 amide bonds. The van der Waals surface area contributed by atoms with Gasteiger partial charge in [0.1, 0.15) is 6.20 Å². The van der Waals surface area contributed by atoms with Crippen LogP contribution in [0.3, 0.4) is 0 Å². The smallest absolute Gasteiger partial charge is 0.358 e. The summed E-state index contributed by atoms with van der Waals surface area (Å²) in [5.74, 6) is -0.256. The number of nitriles is 1. The van der Waals surface area contributed by atoms with Crippen LogP contribution in [-0.4, -0.2) is 9.91 Å². The van der Waals surface area contributed by atoms with Gasteiger partial charge in [0.25, 0.3) is 0 Å². The zero-order chi connectivity index (χ0) is 9.14. The summed E-state index contributed by atoms with van der Waals surface area (Å²) in [6.07, 6.45) is 1.25. The van der Waals surface area contributed by atoms with Crippen molar-refractivity contribution >= 4 is 5.82 Å². The maximum atomic E-state index is 10.3. The summed E-state index contributed by atoms with van der Waals surface area (Å²) in [6.45, 7) is 1.50. The predicted molar refractivity (Wildman–Crippen MR) is 40.3 cm³/mol.